The Balaban J connectivity index is 2.83. The number of cyclic esters (lactones) is 1. The Morgan fingerprint density at radius 1 is 1.62 bits per heavy atom. The smallest absolute Gasteiger partial charge is 0.323 e. The van der Waals surface area contributed by atoms with Crippen molar-refractivity contribution in [2.75, 3.05) is 12.4 Å². The molecule has 120 valence electrons. The van der Waals surface area contributed by atoms with Crippen LogP contribution in [0, 0.1) is 16.7 Å². The zero-order chi connectivity index (χ0) is 16.0. The molecule has 0 aliphatic carbocycles. The number of nitrogens with two attached hydrogens (primary N) is 1. The van der Waals surface area contributed by atoms with Crippen molar-refractivity contribution in [3.8, 4) is 0 Å². The fourth-order valence-electron chi connectivity index (χ4n) is 2.33. The van der Waals surface area contributed by atoms with Gasteiger partial charge < -0.3 is 15.2 Å². The topological polar surface area (TPSA) is 102 Å². The first-order valence-corrected chi connectivity index (χ1v) is 8.15. The van der Waals surface area contributed by atoms with Crippen molar-refractivity contribution in [1.82, 2.24) is 0 Å². The largest absolute Gasteiger partial charge is 0.465 e. The number of hydrogen-bond donors (Lipinski definition) is 2. The highest BCUT2D eigenvalue weighted by Crippen LogP contribution is 2.41. The number of thioether (sulfide) groups is 1. The van der Waals surface area contributed by atoms with Crippen LogP contribution in [0.5, 0.6) is 0 Å². The molecule has 1 aliphatic heterocycles. The van der Waals surface area contributed by atoms with Crippen LogP contribution in [-0.4, -0.2) is 35.6 Å². The molecule has 1 rings (SSSR count). The van der Waals surface area contributed by atoms with Crippen molar-refractivity contribution < 1.29 is 19.1 Å². The Bertz CT molecular complexity index is 414. The van der Waals surface area contributed by atoms with Crippen LogP contribution in [0.4, 0.5) is 0 Å². The Labute approximate surface area is 129 Å². The summed E-state index contributed by atoms with van der Waals surface area (Å²) >= 11 is 1.11. The zero-order valence-corrected chi connectivity index (χ0v) is 13.6. The van der Waals surface area contributed by atoms with E-state index < -0.39 is 23.5 Å². The predicted octanol–water partition coefficient (Wildman–Crippen LogP) is 1.91. The molecule has 0 bridgehead atoms. The first-order valence-electron chi connectivity index (χ1n) is 7.17. The quantitative estimate of drug-likeness (QED) is 0.322. The van der Waals surface area contributed by atoms with Crippen LogP contribution < -0.4 is 5.73 Å². The zero-order valence-electron chi connectivity index (χ0n) is 12.8. The van der Waals surface area contributed by atoms with Gasteiger partial charge in [-0.1, -0.05) is 25.6 Å². The summed E-state index contributed by atoms with van der Waals surface area (Å²) in [5, 5.41) is 7.18. The lowest BCUT2D eigenvalue weighted by molar-refractivity contribution is -0.165. The molecule has 0 amide bonds. The summed E-state index contributed by atoms with van der Waals surface area (Å²) < 4.78 is 10.4. The summed E-state index contributed by atoms with van der Waals surface area (Å²) in [6.45, 7) is 6.05. The first-order chi connectivity index (χ1) is 9.81. The molecule has 0 unspecified atom stereocenters. The van der Waals surface area contributed by atoms with E-state index >= 15 is 0 Å². The monoisotopic (exact) mass is 316 g/mol. The lowest BCUT2D eigenvalue weighted by Gasteiger charge is -2.23. The van der Waals surface area contributed by atoms with Crippen molar-refractivity contribution in [2.45, 2.75) is 46.1 Å². The number of esters is 2. The highest BCUT2D eigenvalue weighted by atomic mass is 32.2. The molecule has 0 aromatic rings. The van der Waals surface area contributed by atoms with E-state index in [9.17, 15) is 9.59 Å². The molecule has 0 spiro atoms. The van der Waals surface area contributed by atoms with Gasteiger partial charge in [0.25, 0.3) is 0 Å². The van der Waals surface area contributed by atoms with E-state index in [2.05, 4.69) is 0 Å². The fraction of sp³-hybridized carbons (Fsp3) is 0.786. The first kappa shape index (κ1) is 17.8. The average Bonchev–Trinajstić information content (AvgIpc) is 2.72. The molecular formula is C14H24N2O4S. The van der Waals surface area contributed by atoms with Gasteiger partial charge >= 0.3 is 11.9 Å². The molecule has 21 heavy (non-hydrogen) atoms. The fourth-order valence-corrected chi connectivity index (χ4v) is 2.88. The molecule has 1 aliphatic rings. The van der Waals surface area contributed by atoms with Crippen molar-refractivity contribution in [2.24, 2.45) is 17.1 Å². The maximum atomic E-state index is 12.3. The second-order valence-corrected chi connectivity index (χ2v) is 6.70. The van der Waals surface area contributed by atoms with E-state index in [1.54, 1.807) is 6.92 Å². The van der Waals surface area contributed by atoms with Crippen molar-refractivity contribution >= 4 is 28.9 Å². The minimum atomic E-state index is -1.19. The SMILES string of the molecule is CCOC(=O)[C@@]1(CCC(C)C)C[C@@H](CSC(=N)N)OC1=O. The molecular weight excluding hydrogens is 292 g/mol. The molecule has 1 fully saturated rings. The number of nitrogens with one attached hydrogen (secondary N) is 1. The molecule has 0 saturated carbocycles. The van der Waals surface area contributed by atoms with Gasteiger partial charge in [0.05, 0.1) is 6.61 Å². The molecule has 7 heteroatoms. The van der Waals surface area contributed by atoms with E-state index in [1.807, 2.05) is 13.8 Å². The van der Waals surface area contributed by atoms with Gasteiger partial charge in [-0.05, 0) is 25.7 Å². The second-order valence-electron chi connectivity index (χ2n) is 5.64. The maximum absolute atomic E-state index is 12.3. The minimum Gasteiger partial charge on any atom is -0.465 e. The Kier molecular flexibility index (Phi) is 6.51. The molecule has 2 atom stereocenters. The van der Waals surface area contributed by atoms with E-state index in [1.165, 1.54) is 0 Å². The van der Waals surface area contributed by atoms with Crippen LogP contribution in [0.25, 0.3) is 0 Å². The molecule has 1 saturated heterocycles. The standard InChI is InChI=1S/C14H24N2O4S/c1-4-19-11(17)14(6-5-9(2)3)7-10(20-12(14)18)8-21-13(15)16/h9-10H,4-8H2,1-3H3,(H3,15,16)/t10-,14+/m0/s1. The Morgan fingerprint density at radius 3 is 2.81 bits per heavy atom. The Hall–Kier alpha value is -1.24. The minimum absolute atomic E-state index is 0.0261. The van der Waals surface area contributed by atoms with E-state index in [0.29, 0.717) is 24.5 Å². The molecule has 3 N–H and O–H groups in total. The summed E-state index contributed by atoms with van der Waals surface area (Å²) in [4.78, 5) is 24.5. The molecule has 0 radical (unpaired) electrons. The number of hydrogen-bond acceptors (Lipinski definition) is 6. The highest BCUT2D eigenvalue weighted by Gasteiger charge is 2.55. The van der Waals surface area contributed by atoms with Crippen LogP contribution >= 0.6 is 11.8 Å². The summed E-state index contributed by atoms with van der Waals surface area (Å²) in [5.74, 6) is -0.222. The lowest BCUT2D eigenvalue weighted by Crippen LogP contribution is -2.38. The van der Waals surface area contributed by atoms with Crippen LogP contribution in [0.3, 0.4) is 0 Å². The summed E-state index contributed by atoms with van der Waals surface area (Å²) in [6, 6.07) is 0. The Morgan fingerprint density at radius 2 is 2.29 bits per heavy atom. The summed E-state index contributed by atoms with van der Waals surface area (Å²) in [5.41, 5.74) is 4.10. The maximum Gasteiger partial charge on any atom is 0.323 e. The third kappa shape index (κ3) is 4.62. The number of ether oxygens (including phenoxy) is 2. The third-order valence-corrected chi connectivity index (χ3v) is 4.33. The lowest BCUT2D eigenvalue weighted by atomic mass is 9.79. The second kappa shape index (κ2) is 7.68. The van der Waals surface area contributed by atoms with E-state index in [-0.39, 0.29) is 11.8 Å². The van der Waals surface area contributed by atoms with Crippen LogP contribution in [0.15, 0.2) is 0 Å². The molecule has 6 nitrogen and oxygen atoms in total. The van der Waals surface area contributed by atoms with Crippen LogP contribution in [-0.2, 0) is 19.1 Å². The number of carbonyl (C=O) groups excluding carboxylic acids is 2. The van der Waals surface area contributed by atoms with Gasteiger partial charge in [-0.25, -0.2) is 0 Å². The van der Waals surface area contributed by atoms with Gasteiger partial charge in [-0.3, -0.25) is 15.0 Å². The van der Waals surface area contributed by atoms with E-state index in [0.717, 1.165) is 18.2 Å². The number of carbonyl (C=O) groups is 2. The van der Waals surface area contributed by atoms with Crippen molar-refractivity contribution in [3.05, 3.63) is 0 Å². The number of amidine groups is 1. The number of rotatable bonds is 7. The van der Waals surface area contributed by atoms with Gasteiger partial charge in [0.2, 0.25) is 0 Å². The van der Waals surface area contributed by atoms with Crippen molar-refractivity contribution in [1.29, 1.82) is 5.41 Å². The van der Waals surface area contributed by atoms with Gasteiger partial charge in [-0.15, -0.1) is 0 Å². The average molecular weight is 316 g/mol. The van der Waals surface area contributed by atoms with Gasteiger partial charge in [0.1, 0.15) is 6.10 Å². The summed E-state index contributed by atoms with van der Waals surface area (Å²) in [7, 11) is 0. The van der Waals surface area contributed by atoms with Crippen molar-refractivity contribution in [3.63, 3.8) is 0 Å². The van der Waals surface area contributed by atoms with Crippen LogP contribution in [0.1, 0.15) is 40.0 Å². The van der Waals surface area contributed by atoms with Gasteiger partial charge in [0.15, 0.2) is 10.6 Å². The predicted molar refractivity (Wildman–Crippen MR) is 82.0 cm³/mol. The van der Waals surface area contributed by atoms with Gasteiger partial charge in [0, 0.05) is 12.2 Å². The molecule has 0 aromatic carbocycles. The normalized spacial score (nSPS) is 25.0. The highest BCUT2D eigenvalue weighted by molar-refractivity contribution is 8.13. The van der Waals surface area contributed by atoms with E-state index in [4.69, 9.17) is 20.6 Å². The summed E-state index contributed by atoms with van der Waals surface area (Å²) in [6.07, 6.45) is 1.09. The van der Waals surface area contributed by atoms with Gasteiger partial charge in [-0.2, -0.15) is 0 Å². The molecule has 0 aromatic heterocycles. The van der Waals surface area contributed by atoms with Crippen LogP contribution in [0.2, 0.25) is 0 Å². The molecule has 1 heterocycles. The third-order valence-electron chi connectivity index (χ3n) is 3.48.